The zero-order valence-electron chi connectivity index (χ0n) is 13.1. The second-order valence-corrected chi connectivity index (χ2v) is 10.3. The van der Waals surface area contributed by atoms with Crippen molar-refractivity contribution >= 4 is 39.6 Å². The van der Waals surface area contributed by atoms with Crippen LogP contribution in [0.15, 0.2) is 24.4 Å². The molecule has 118 valence electrons. The molecule has 1 aromatic carbocycles. The smallest absolute Gasteiger partial charge is 0.125 e. The molecule has 2 aromatic rings. The molecule has 1 aromatic heterocycles. The van der Waals surface area contributed by atoms with Crippen LogP contribution in [0.5, 0.6) is 0 Å². The van der Waals surface area contributed by atoms with Gasteiger partial charge in [-0.15, -0.1) is 11.3 Å². The molecule has 3 nitrogen and oxygen atoms in total. The summed E-state index contributed by atoms with van der Waals surface area (Å²) in [6.45, 7) is 6.40. The van der Waals surface area contributed by atoms with Crippen molar-refractivity contribution in [1.82, 2.24) is 4.98 Å². The minimum Gasteiger partial charge on any atom is -0.383 e. The summed E-state index contributed by atoms with van der Waals surface area (Å²) in [7, 11) is 0. The SMILES string of the molecule is Cc1cc(NC(C)(C)I)cc(-c2cnc(C3(O)CCC3)s2)c1. The molecule has 0 radical (unpaired) electrons. The fourth-order valence-electron chi connectivity index (χ4n) is 2.69. The van der Waals surface area contributed by atoms with Gasteiger partial charge in [0, 0.05) is 11.9 Å². The monoisotopic (exact) mass is 428 g/mol. The average Bonchev–Trinajstić information content (AvgIpc) is 2.82. The number of nitrogens with one attached hydrogen (secondary N) is 1. The van der Waals surface area contributed by atoms with E-state index in [-0.39, 0.29) is 3.55 Å². The Kier molecular flexibility index (Phi) is 4.24. The maximum Gasteiger partial charge on any atom is 0.125 e. The van der Waals surface area contributed by atoms with Crippen molar-refractivity contribution in [3.05, 3.63) is 35.0 Å². The summed E-state index contributed by atoms with van der Waals surface area (Å²) in [4.78, 5) is 5.59. The molecular weight excluding hydrogens is 407 g/mol. The van der Waals surface area contributed by atoms with Crippen molar-refractivity contribution in [2.75, 3.05) is 5.32 Å². The van der Waals surface area contributed by atoms with E-state index in [1.165, 1.54) is 5.56 Å². The molecule has 1 aliphatic rings. The number of thiazole rings is 1. The van der Waals surface area contributed by atoms with Gasteiger partial charge in [-0.05, 0) is 63.3 Å². The molecule has 22 heavy (non-hydrogen) atoms. The van der Waals surface area contributed by atoms with Crippen LogP contribution in [0, 0.1) is 6.92 Å². The van der Waals surface area contributed by atoms with Crippen LogP contribution in [0.2, 0.25) is 0 Å². The molecule has 1 saturated carbocycles. The van der Waals surface area contributed by atoms with E-state index in [4.69, 9.17) is 0 Å². The molecule has 0 spiro atoms. The Morgan fingerprint density at radius 1 is 1.32 bits per heavy atom. The van der Waals surface area contributed by atoms with Crippen molar-refractivity contribution in [2.24, 2.45) is 0 Å². The van der Waals surface area contributed by atoms with Crippen LogP contribution >= 0.6 is 33.9 Å². The molecule has 1 heterocycles. The number of aryl methyl sites for hydroxylation is 1. The van der Waals surface area contributed by atoms with E-state index in [9.17, 15) is 5.11 Å². The molecule has 0 bridgehead atoms. The highest BCUT2D eigenvalue weighted by atomic mass is 127. The number of anilines is 1. The number of nitrogens with zero attached hydrogens (tertiary/aromatic N) is 1. The summed E-state index contributed by atoms with van der Waals surface area (Å²) in [6, 6.07) is 6.49. The van der Waals surface area contributed by atoms with Gasteiger partial charge < -0.3 is 10.4 Å². The molecule has 1 fully saturated rings. The Morgan fingerprint density at radius 2 is 2.05 bits per heavy atom. The minimum atomic E-state index is -0.669. The van der Waals surface area contributed by atoms with E-state index < -0.39 is 5.60 Å². The van der Waals surface area contributed by atoms with Crippen molar-refractivity contribution in [3.63, 3.8) is 0 Å². The van der Waals surface area contributed by atoms with Crippen LogP contribution in [0.25, 0.3) is 10.4 Å². The molecule has 0 saturated heterocycles. The topological polar surface area (TPSA) is 45.2 Å². The van der Waals surface area contributed by atoms with Gasteiger partial charge in [-0.3, -0.25) is 0 Å². The Balaban J connectivity index is 1.91. The van der Waals surface area contributed by atoms with E-state index in [1.54, 1.807) is 11.3 Å². The van der Waals surface area contributed by atoms with Crippen LogP contribution in [-0.2, 0) is 5.60 Å². The lowest BCUT2D eigenvalue weighted by Crippen LogP contribution is -2.33. The van der Waals surface area contributed by atoms with Crippen LogP contribution in [0.1, 0.15) is 43.7 Å². The van der Waals surface area contributed by atoms with Gasteiger partial charge in [0.1, 0.15) is 10.6 Å². The lowest BCUT2D eigenvalue weighted by molar-refractivity contribution is -0.0389. The molecule has 0 unspecified atom stereocenters. The zero-order chi connectivity index (χ0) is 16.0. The summed E-state index contributed by atoms with van der Waals surface area (Å²) in [6.07, 6.45) is 4.66. The summed E-state index contributed by atoms with van der Waals surface area (Å²) in [5, 5.41) is 14.8. The molecule has 2 N–H and O–H groups in total. The lowest BCUT2D eigenvalue weighted by atomic mass is 9.81. The van der Waals surface area contributed by atoms with E-state index >= 15 is 0 Å². The van der Waals surface area contributed by atoms with Gasteiger partial charge in [0.05, 0.1) is 8.42 Å². The number of rotatable bonds is 4. The predicted octanol–water partition coefficient (Wildman–Crippen LogP) is 5.07. The van der Waals surface area contributed by atoms with Gasteiger partial charge >= 0.3 is 0 Å². The van der Waals surface area contributed by atoms with Crippen LogP contribution in [-0.4, -0.2) is 13.6 Å². The van der Waals surface area contributed by atoms with Crippen LogP contribution in [0.3, 0.4) is 0 Å². The van der Waals surface area contributed by atoms with E-state index in [0.717, 1.165) is 40.4 Å². The van der Waals surface area contributed by atoms with E-state index in [1.807, 2.05) is 6.20 Å². The number of alkyl halides is 1. The standard InChI is InChI=1S/C17H21IN2OS/c1-11-7-12(9-13(8-11)20-16(2,3)18)14-10-19-15(22-14)17(21)5-4-6-17/h7-10,20-21H,4-6H2,1-3H3. The van der Waals surface area contributed by atoms with E-state index in [2.05, 4.69) is 71.9 Å². The maximum absolute atomic E-state index is 10.4. The summed E-state index contributed by atoms with van der Waals surface area (Å²) < 4.78 is 0.00275. The number of halogens is 1. The van der Waals surface area contributed by atoms with Gasteiger partial charge in [-0.25, -0.2) is 4.98 Å². The third kappa shape index (κ3) is 3.46. The van der Waals surface area contributed by atoms with Crippen molar-refractivity contribution in [2.45, 2.75) is 49.2 Å². The first kappa shape index (κ1) is 16.2. The third-order valence-corrected chi connectivity index (χ3v) is 5.40. The number of hydrogen-bond acceptors (Lipinski definition) is 4. The molecule has 0 atom stereocenters. The summed E-state index contributed by atoms with van der Waals surface area (Å²) >= 11 is 4.00. The number of aromatic nitrogens is 1. The highest BCUT2D eigenvalue weighted by molar-refractivity contribution is 14.1. The number of aliphatic hydroxyl groups is 1. The molecular formula is C17H21IN2OS. The minimum absolute atomic E-state index is 0.00275. The second kappa shape index (κ2) is 5.76. The quantitative estimate of drug-likeness (QED) is 0.406. The Morgan fingerprint density at radius 3 is 2.64 bits per heavy atom. The second-order valence-electron chi connectivity index (χ2n) is 6.60. The van der Waals surface area contributed by atoms with Gasteiger partial charge in [0.2, 0.25) is 0 Å². The van der Waals surface area contributed by atoms with Crippen molar-refractivity contribution in [3.8, 4) is 10.4 Å². The number of hydrogen-bond donors (Lipinski definition) is 2. The first-order chi connectivity index (χ1) is 10.3. The molecule has 5 heteroatoms. The van der Waals surface area contributed by atoms with Gasteiger partial charge in [-0.2, -0.15) is 0 Å². The third-order valence-electron chi connectivity index (χ3n) is 3.89. The average molecular weight is 428 g/mol. The van der Waals surface area contributed by atoms with Gasteiger partial charge in [0.25, 0.3) is 0 Å². The normalized spacial score (nSPS) is 17.1. The fourth-order valence-corrected chi connectivity index (χ4v) is 4.05. The fraction of sp³-hybridized carbons (Fsp3) is 0.471. The lowest BCUT2D eigenvalue weighted by Gasteiger charge is -2.34. The molecule has 1 aliphatic carbocycles. The van der Waals surface area contributed by atoms with Gasteiger partial charge in [-0.1, -0.05) is 28.7 Å². The van der Waals surface area contributed by atoms with Crippen molar-refractivity contribution in [1.29, 1.82) is 0 Å². The summed E-state index contributed by atoms with van der Waals surface area (Å²) in [5.41, 5.74) is 2.83. The Labute approximate surface area is 149 Å². The largest absolute Gasteiger partial charge is 0.383 e. The maximum atomic E-state index is 10.4. The predicted molar refractivity (Wildman–Crippen MR) is 102 cm³/mol. The number of benzene rings is 1. The Hall–Kier alpha value is -0.660. The zero-order valence-corrected chi connectivity index (χ0v) is 16.1. The highest BCUT2D eigenvalue weighted by Crippen LogP contribution is 2.44. The van der Waals surface area contributed by atoms with E-state index in [0.29, 0.717) is 0 Å². The molecule has 0 amide bonds. The molecule has 3 rings (SSSR count). The molecule has 0 aliphatic heterocycles. The first-order valence-corrected chi connectivity index (χ1v) is 9.43. The van der Waals surface area contributed by atoms with Crippen molar-refractivity contribution < 1.29 is 5.11 Å². The van der Waals surface area contributed by atoms with Crippen LogP contribution in [0.4, 0.5) is 5.69 Å². The van der Waals surface area contributed by atoms with Gasteiger partial charge in [0.15, 0.2) is 0 Å². The summed E-state index contributed by atoms with van der Waals surface area (Å²) in [5.74, 6) is 0. The first-order valence-electron chi connectivity index (χ1n) is 7.53. The Bertz CT molecular complexity index is 686. The highest BCUT2D eigenvalue weighted by Gasteiger charge is 2.39. The van der Waals surface area contributed by atoms with Crippen LogP contribution < -0.4 is 5.32 Å².